The average molecular weight is 398 g/mol. The summed E-state index contributed by atoms with van der Waals surface area (Å²) < 4.78 is 3.35. The molecule has 152 valence electrons. The zero-order valence-corrected chi connectivity index (χ0v) is 15.9. The standard InChI is InChI=1S/C17H22N10O2/c1-2-26-8-21-14(10(26)5-11(18)28)23-12(29)6-27-7-20-13-15(22-9-3-4-9)24-17(19)25-16(13)27/h7-9H,2-6H2,1H3,(H2,18,28)(H,23,29)(H3,19,22,24,25). The maximum atomic E-state index is 12.6. The van der Waals surface area contributed by atoms with Crippen molar-refractivity contribution < 1.29 is 9.59 Å². The van der Waals surface area contributed by atoms with Crippen LogP contribution in [0.3, 0.4) is 0 Å². The summed E-state index contributed by atoms with van der Waals surface area (Å²) in [5.74, 6) is 0.141. The number of rotatable bonds is 8. The fraction of sp³-hybridized carbons (Fsp3) is 0.412. The first kappa shape index (κ1) is 18.7. The van der Waals surface area contributed by atoms with Crippen molar-refractivity contribution in [2.45, 2.75) is 45.3 Å². The van der Waals surface area contributed by atoms with E-state index in [4.69, 9.17) is 11.5 Å². The first-order chi connectivity index (χ1) is 13.9. The zero-order valence-electron chi connectivity index (χ0n) is 15.9. The van der Waals surface area contributed by atoms with Gasteiger partial charge in [-0.05, 0) is 19.8 Å². The number of hydrogen-bond donors (Lipinski definition) is 4. The molecule has 1 aliphatic rings. The smallest absolute Gasteiger partial charge is 0.245 e. The maximum absolute atomic E-state index is 12.6. The van der Waals surface area contributed by atoms with E-state index in [1.807, 2.05) is 6.92 Å². The molecule has 0 spiro atoms. The number of imidazole rings is 2. The van der Waals surface area contributed by atoms with Crippen molar-refractivity contribution in [3.05, 3.63) is 18.3 Å². The molecule has 12 nitrogen and oxygen atoms in total. The summed E-state index contributed by atoms with van der Waals surface area (Å²) in [7, 11) is 0. The number of amides is 2. The van der Waals surface area contributed by atoms with Crippen molar-refractivity contribution in [3.8, 4) is 0 Å². The Labute approximate surface area is 165 Å². The Morgan fingerprint density at radius 1 is 1.17 bits per heavy atom. The van der Waals surface area contributed by atoms with Crippen LogP contribution in [0.15, 0.2) is 12.7 Å². The Morgan fingerprint density at radius 2 is 1.93 bits per heavy atom. The van der Waals surface area contributed by atoms with Gasteiger partial charge in [-0.1, -0.05) is 0 Å². The summed E-state index contributed by atoms with van der Waals surface area (Å²) in [6, 6.07) is 0.373. The second-order valence-corrected chi connectivity index (χ2v) is 6.91. The van der Waals surface area contributed by atoms with Gasteiger partial charge in [0.1, 0.15) is 6.54 Å². The summed E-state index contributed by atoms with van der Waals surface area (Å²) in [6.07, 6.45) is 5.21. The predicted octanol–water partition coefficient (Wildman–Crippen LogP) is -0.134. The zero-order chi connectivity index (χ0) is 20.5. The van der Waals surface area contributed by atoms with Crippen LogP contribution in [0.2, 0.25) is 0 Å². The summed E-state index contributed by atoms with van der Waals surface area (Å²) in [6.45, 7) is 2.46. The monoisotopic (exact) mass is 398 g/mol. The molecule has 1 fully saturated rings. The number of nitrogens with zero attached hydrogens (tertiary/aromatic N) is 6. The van der Waals surface area contributed by atoms with Crippen LogP contribution < -0.4 is 22.1 Å². The van der Waals surface area contributed by atoms with Crippen LogP contribution in [-0.2, 0) is 29.1 Å². The van der Waals surface area contributed by atoms with E-state index in [0.29, 0.717) is 41.1 Å². The molecule has 3 heterocycles. The highest BCUT2D eigenvalue weighted by molar-refractivity contribution is 5.92. The third kappa shape index (κ3) is 3.95. The third-order valence-electron chi connectivity index (χ3n) is 4.60. The third-order valence-corrected chi connectivity index (χ3v) is 4.60. The number of anilines is 3. The van der Waals surface area contributed by atoms with Crippen molar-refractivity contribution in [1.82, 2.24) is 29.1 Å². The topological polar surface area (TPSA) is 172 Å². The van der Waals surface area contributed by atoms with E-state index in [1.54, 1.807) is 15.5 Å². The fourth-order valence-electron chi connectivity index (χ4n) is 3.06. The van der Waals surface area contributed by atoms with E-state index in [1.165, 1.54) is 6.33 Å². The Kier molecular flexibility index (Phi) is 4.74. The van der Waals surface area contributed by atoms with Crippen molar-refractivity contribution in [2.75, 3.05) is 16.4 Å². The van der Waals surface area contributed by atoms with Gasteiger partial charge in [0.25, 0.3) is 0 Å². The van der Waals surface area contributed by atoms with Gasteiger partial charge >= 0.3 is 0 Å². The van der Waals surface area contributed by atoms with E-state index in [2.05, 4.69) is 30.6 Å². The molecule has 2 amide bonds. The maximum Gasteiger partial charge on any atom is 0.245 e. The normalized spacial score (nSPS) is 13.6. The molecule has 0 saturated heterocycles. The number of nitrogens with two attached hydrogens (primary N) is 2. The van der Waals surface area contributed by atoms with Gasteiger partial charge in [0.15, 0.2) is 22.8 Å². The highest BCUT2D eigenvalue weighted by Crippen LogP contribution is 2.27. The number of hydrogen-bond acceptors (Lipinski definition) is 8. The van der Waals surface area contributed by atoms with Crippen molar-refractivity contribution in [2.24, 2.45) is 5.73 Å². The molecule has 3 aromatic rings. The van der Waals surface area contributed by atoms with Crippen LogP contribution in [0.5, 0.6) is 0 Å². The molecule has 0 bridgehead atoms. The van der Waals surface area contributed by atoms with Gasteiger partial charge in [-0.25, -0.2) is 9.97 Å². The van der Waals surface area contributed by atoms with E-state index in [0.717, 1.165) is 12.8 Å². The molecule has 6 N–H and O–H groups in total. The summed E-state index contributed by atoms with van der Waals surface area (Å²) in [5, 5.41) is 6.00. The van der Waals surface area contributed by atoms with E-state index in [-0.39, 0.29) is 24.8 Å². The minimum Gasteiger partial charge on any atom is -0.369 e. The number of carbonyl (C=O) groups is 2. The summed E-state index contributed by atoms with van der Waals surface area (Å²) >= 11 is 0. The molecule has 3 aromatic heterocycles. The molecule has 1 aliphatic carbocycles. The van der Waals surface area contributed by atoms with Gasteiger partial charge in [0.2, 0.25) is 17.8 Å². The molecule has 0 radical (unpaired) electrons. The number of fused-ring (bicyclic) bond motifs is 1. The van der Waals surface area contributed by atoms with Crippen LogP contribution in [0, 0.1) is 0 Å². The Balaban J connectivity index is 1.55. The van der Waals surface area contributed by atoms with Crippen LogP contribution in [-0.4, -0.2) is 46.9 Å². The van der Waals surface area contributed by atoms with E-state index < -0.39 is 5.91 Å². The molecule has 12 heteroatoms. The van der Waals surface area contributed by atoms with Gasteiger partial charge in [0.05, 0.1) is 24.8 Å². The lowest BCUT2D eigenvalue weighted by molar-refractivity contribution is -0.118. The van der Waals surface area contributed by atoms with Crippen molar-refractivity contribution >= 4 is 40.6 Å². The van der Waals surface area contributed by atoms with Crippen LogP contribution in [0.4, 0.5) is 17.6 Å². The van der Waals surface area contributed by atoms with Gasteiger partial charge in [0, 0.05) is 12.6 Å². The van der Waals surface area contributed by atoms with Gasteiger partial charge in [-0.2, -0.15) is 9.97 Å². The first-order valence-electron chi connectivity index (χ1n) is 9.31. The van der Waals surface area contributed by atoms with Crippen molar-refractivity contribution in [1.29, 1.82) is 0 Å². The van der Waals surface area contributed by atoms with Gasteiger partial charge < -0.3 is 31.2 Å². The highest BCUT2D eigenvalue weighted by atomic mass is 16.2. The number of nitrogens with one attached hydrogen (secondary N) is 2. The molecular formula is C17H22N10O2. The minimum atomic E-state index is -0.501. The fourth-order valence-corrected chi connectivity index (χ4v) is 3.06. The van der Waals surface area contributed by atoms with E-state index in [9.17, 15) is 9.59 Å². The molecule has 0 aliphatic heterocycles. The number of primary amides is 1. The molecule has 1 saturated carbocycles. The minimum absolute atomic E-state index is 0.0165. The number of carbonyl (C=O) groups excluding carboxylic acids is 2. The largest absolute Gasteiger partial charge is 0.369 e. The highest BCUT2D eigenvalue weighted by Gasteiger charge is 2.24. The van der Waals surface area contributed by atoms with Gasteiger partial charge in [-0.3, -0.25) is 9.59 Å². The van der Waals surface area contributed by atoms with Crippen molar-refractivity contribution in [3.63, 3.8) is 0 Å². The Morgan fingerprint density at radius 3 is 2.62 bits per heavy atom. The molecule has 0 unspecified atom stereocenters. The lowest BCUT2D eigenvalue weighted by Gasteiger charge is -2.09. The summed E-state index contributed by atoms with van der Waals surface area (Å²) in [5.41, 5.74) is 12.7. The van der Waals surface area contributed by atoms with Gasteiger partial charge in [-0.15, -0.1) is 0 Å². The average Bonchev–Trinajstić information content (AvgIpc) is 3.28. The van der Waals surface area contributed by atoms with E-state index >= 15 is 0 Å². The number of aryl methyl sites for hydroxylation is 1. The first-order valence-corrected chi connectivity index (χ1v) is 9.31. The molecule has 0 atom stereocenters. The molecule has 29 heavy (non-hydrogen) atoms. The Bertz CT molecular complexity index is 1080. The Hall–Kier alpha value is -3.70. The SMILES string of the molecule is CCn1cnc(NC(=O)Cn2cnc3c(NC4CC4)nc(N)nc32)c1CC(N)=O. The quantitative estimate of drug-likeness (QED) is 0.406. The molecule has 0 aromatic carbocycles. The second-order valence-electron chi connectivity index (χ2n) is 6.91. The second kappa shape index (κ2) is 7.37. The van der Waals surface area contributed by atoms with Crippen LogP contribution in [0.1, 0.15) is 25.5 Å². The molecular weight excluding hydrogens is 376 g/mol. The number of aromatic nitrogens is 6. The lowest BCUT2D eigenvalue weighted by Crippen LogP contribution is -2.22. The number of nitrogen functional groups attached to an aromatic ring is 1. The lowest BCUT2D eigenvalue weighted by atomic mass is 10.3. The van der Waals surface area contributed by atoms with Crippen LogP contribution in [0.25, 0.3) is 11.2 Å². The predicted molar refractivity (Wildman–Crippen MR) is 106 cm³/mol. The van der Waals surface area contributed by atoms with Crippen LogP contribution >= 0.6 is 0 Å². The summed E-state index contributed by atoms with van der Waals surface area (Å²) in [4.78, 5) is 40.9. The molecule has 4 rings (SSSR count).